The zero-order valence-corrected chi connectivity index (χ0v) is 10.2. The average Bonchev–Trinajstić information content (AvgIpc) is 2.01. The van der Waals surface area contributed by atoms with Gasteiger partial charge in [0.15, 0.2) is 0 Å². The molecule has 2 heteroatoms. The van der Waals surface area contributed by atoms with Gasteiger partial charge in [0.25, 0.3) is 0 Å². The largest absolute Gasteiger partial charge is 0.289 e. The summed E-state index contributed by atoms with van der Waals surface area (Å²) in [6, 6.07) is 0. The molecule has 0 aromatic rings. The molecule has 1 heterocycles. The van der Waals surface area contributed by atoms with Gasteiger partial charge in [0.2, 0.25) is 0 Å². The van der Waals surface area contributed by atoms with Crippen LogP contribution in [0, 0.1) is 5.92 Å². The summed E-state index contributed by atoms with van der Waals surface area (Å²) < 4.78 is 0. The molecule has 0 amide bonds. The predicted octanol–water partition coefficient (Wildman–Crippen LogP) is 3.10. The Kier molecular flexibility index (Phi) is 3.97. The minimum atomic E-state index is 0.575. The molecular formula is C12H22BN. The van der Waals surface area contributed by atoms with Crippen molar-refractivity contribution in [2.24, 2.45) is 10.9 Å². The van der Waals surface area contributed by atoms with Gasteiger partial charge in [-0.25, -0.2) is 0 Å². The van der Waals surface area contributed by atoms with E-state index in [0.29, 0.717) is 11.7 Å². The summed E-state index contributed by atoms with van der Waals surface area (Å²) in [5.41, 5.74) is 2.71. The van der Waals surface area contributed by atoms with E-state index in [2.05, 4.69) is 40.7 Å². The van der Waals surface area contributed by atoms with Crippen molar-refractivity contribution in [1.29, 1.82) is 0 Å². The minimum Gasteiger partial charge on any atom is -0.289 e. The van der Waals surface area contributed by atoms with Crippen molar-refractivity contribution >= 4 is 13.0 Å². The molecule has 1 aliphatic rings. The molecular weight excluding hydrogens is 169 g/mol. The second-order valence-corrected chi connectivity index (χ2v) is 5.12. The summed E-state index contributed by atoms with van der Waals surface area (Å²) in [7, 11) is 1.27. The highest BCUT2D eigenvalue weighted by atomic mass is 14.8. The molecule has 0 fully saturated rings. The van der Waals surface area contributed by atoms with Crippen LogP contribution in [-0.4, -0.2) is 19.5 Å². The fraction of sp³-hybridized carbons (Fsp3) is 0.750. The number of hydrogen-bond acceptors (Lipinski definition) is 1. The van der Waals surface area contributed by atoms with Crippen molar-refractivity contribution in [3.05, 3.63) is 11.6 Å². The molecule has 0 aliphatic carbocycles. The van der Waals surface area contributed by atoms with Gasteiger partial charge in [0, 0.05) is 12.3 Å². The van der Waals surface area contributed by atoms with Crippen LogP contribution >= 0.6 is 0 Å². The van der Waals surface area contributed by atoms with E-state index in [1.54, 1.807) is 0 Å². The number of hydrogen-bond donors (Lipinski definition) is 0. The average molecular weight is 191 g/mol. The van der Waals surface area contributed by atoms with Crippen LogP contribution in [0.2, 0.25) is 11.6 Å². The molecule has 1 aliphatic heterocycles. The van der Waals surface area contributed by atoms with E-state index in [0.717, 1.165) is 12.4 Å². The van der Waals surface area contributed by atoms with E-state index in [9.17, 15) is 0 Å². The third kappa shape index (κ3) is 3.00. The van der Waals surface area contributed by atoms with Gasteiger partial charge in [0.05, 0.1) is 0 Å². The smallest absolute Gasteiger partial charge is 0.134 e. The molecule has 0 bridgehead atoms. The molecule has 14 heavy (non-hydrogen) atoms. The van der Waals surface area contributed by atoms with Crippen LogP contribution in [0.25, 0.3) is 0 Å². The van der Waals surface area contributed by atoms with E-state index in [1.165, 1.54) is 18.6 Å². The van der Waals surface area contributed by atoms with Gasteiger partial charge in [-0.15, -0.1) is 0 Å². The van der Waals surface area contributed by atoms with Crippen LogP contribution < -0.4 is 0 Å². The quantitative estimate of drug-likeness (QED) is 0.608. The molecule has 1 rings (SSSR count). The maximum absolute atomic E-state index is 4.69. The normalized spacial score (nSPS) is 22.4. The molecule has 0 saturated carbocycles. The van der Waals surface area contributed by atoms with Crippen molar-refractivity contribution in [3.63, 3.8) is 0 Å². The first-order chi connectivity index (χ1) is 6.50. The molecule has 0 aromatic heterocycles. The maximum atomic E-state index is 4.69. The zero-order valence-electron chi connectivity index (χ0n) is 10.2. The lowest BCUT2D eigenvalue weighted by Crippen LogP contribution is -2.19. The summed E-state index contributed by atoms with van der Waals surface area (Å²) in [6.07, 6.45) is 2.42. The second-order valence-electron chi connectivity index (χ2n) is 5.12. The fourth-order valence-corrected chi connectivity index (χ4v) is 2.22. The second kappa shape index (κ2) is 4.81. The first-order valence-corrected chi connectivity index (χ1v) is 5.73. The highest BCUT2D eigenvalue weighted by molar-refractivity contribution is 6.40. The van der Waals surface area contributed by atoms with Gasteiger partial charge < -0.3 is 0 Å². The van der Waals surface area contributed by atoms with E-state index in [4.69, 9.17) is 4.99 Å². The first kappa shape index (κ1) is 11.5. The SMILES string of the molecule is CC1=CC(BC(C)C)CN=C1C(C)C. The lowest BCUT2D eigenvalue weighted by atomic mass is 9.55. The molecule has 1 atom stereocenters. The van der Waals surface area contributed by atoms with Crippen molar-refractivity contribution in [1.82, 2.24) is 0 Å². The Bertz CT molecular complexity index is 251. The summed E-state index contributed by atoms with van der Waals surface area (Å²) in [4.78, 5) is 4.69. The van der Waals surface area contributed by atoms with E-state index in [1.807, 2.05) is 0 Å². The summed E-state index contributed by atoms with van der Waals surface area (Å²) in [5, 5.41) is 0. The number of allylic oxidation sites excluding steroid dienone is 1. The summed E-state index contributed by atoms with van der Waals surface area (Å²) >= 11 is 0. The Morgan fingerprint density at radius 3 is 2.43 bits per heavy atom. The van der Waals surface area contributed by atoms with E-state index >= 15 is 0 Å². The Hall–Kier alpha value is -0.525. The molecule has 1 unspecified atom stereocenters. The van der Waals surface area contributed by atoms with Gasteiger partial charge in [-0.1, -0.05) is 39.6 Å². The zero-order chi connectivity index (χ0) is 10.7. The Balaban J connectivity index is 2.62. The molecule has 78 valence electrons. The molecule has 0 radical (unpaired) electrons. The highest BCUT2D eigenvalue weighted by Crippen LogP contribution is 2.23. The Morgan fingerprint density at radius 2 is 2.00 bits per heavy atom. The van der Waals surface area contributed by atoms with Crippen molar-refractivity contribution in [3.8, 4) is 0 Å². The molecule has 1 nitrogen and oxygen atoms in total. The third-order valence-electron chi connectivity index (χ3n) is 2.71. The topological polar surface area (TPSA) is 12.4 Å². The first-order valence-electron chi connectivity index (χ1n) is 5.73. The summed E-state index contributed by atoms with van der Waals surface area (Å²) in [5.74, 6) is 2.03. The Labute approximate surface area is 88.9 Å². The van der Waals surface area contributed by atoms with Crippen molar-refractivity contribution in [2.75, 3.05) is 6.54 Å². The third-order valence-corrected chi connectivity index (χ3v) is 2.71. The van der Waals surface area contributed by atoms with Crippen LogP contribution in [0.3, 0.4) is 0 Å². The fourth-order valence-electron chi connectivity index (χ4n) is 2.22. The van der Waals surface area contributed by atoms with Crippen LogP contribution in [0.4, 0.5) is 0 Å². The van der Waals surface area contributed by atoms with Gasteiger partial charge in [-0.05, 0) is 24.2 Å². The van der Waals surface area contributed by atoms with Crippen LogP contribution in [0.15, 0.2) is 16.6 Å². The van der Waals surface area contributed by atoms with Gasteiger partial charge in [0.1, 0.15) is 7.28 Å². The van der Waals surface area contributed by atoms with Crippen LogP contribution in [0.5, 0.6) is 0 Å². The molecule has 0 N–H and O–H groups in total. The summed E-state index contributed by atoms with van der Waals surface area (Å²) in [6.45, 7) is 12.2. The standard InChI is InChI=1S/C12H22BN/c1-8(2)12-10(5)6-11(7-14-12)13-9(3)4/h6,8-9,11,13H,7H2,1-5H3. The van der Waals surface area contributed by atoms with E-state index < -0.39 is 0 Å². The van der Waals surface area contributed by atoms with Crippen LogP contribution in [-0.2, 0) is 0 Å². The monoisotopic (exact) mass is 191 g/mol. The van der Waals surface area contributed by atoms with E-state index in [-0.39, 0.29) is 0 Å². The number of rotatable bonds is 3. The lowest BCUT2D eigenvalue weighted by molar-refractivity contribution is 0.839. The van der Waals surface area contributed by atoms with Crippen LogP contribution in [0.1, 0.15) is 34.6 Å². The van der Waals surface area contributed by atoms with Crippen molar-refractivity contribution < 1.29 is 0 Å². The highest BCUT2D eigenvalue weighted by Gasteiger charge is 2.17. The maximum Gasteiger partial charge on any atom is 0.134 e. The number of dihydropyridines is 1. The van der Waals surface area contributed by atoms with Gasteiger partial charge >= 0.3 is 0 Å². The lowest BCUT2D eigenvalue weighted by Gasteiger charge is -2.21. The number of nitrogens with zero attached hydrogens (tertiary/aromatic N) is 1. The molecule has 0 aromatic carbocycles. The Morgan fingerprint density at radius 1 is 1.36 bits per heavy atom. The molecule has 0 spiro atoms. The molecule has 0 saturated heterocycles. The number of aliphatic imine (C=N–C) groups is 1. The van der Waals surface area contributed by atoms with Crippen molar-refractivity contribution in [2.45, 2.75) is 46.3 Å². The predicted molar refractivity (Wildman–Crippen MR) is 66.9 cm³/mol. The minimum absolute atomic E-state index is 0.575. The van der Waals surface area contributed by atoms with Gasteiger partial charge in [-0.2, -0.15) is 0 Å². The van der Waals surface area contributed by atoms with Gasteiger partial charge in [-0.3, -0.25) is 4.99 Å².